The Morgan fingerprint density at radius 2 is 1.67 bits per heavy atom. The predicted molar refractivity (Wildman–Crippen MR) is 164 cm³/mol. The van der Waals surface area contributed by atoms with Gasteiger partial charge in [0, 0.05) is 23.3 Å². The molecular formula is C34H36N2O5S. The van der Waals surface area contributed by atoms with Gasteiger partial charge in [-0.3, -0.25) is 0 Å². The molecule has 8 heteroatoms. The minimum Gasteiger partial charge on any atom is -0.512 e. The number of fused-ring (bicyclic) bond motifs is 1. The maximum atomic E-state index is 13.8. The van der Waals surface area contributed by atoms with Crippen molar-refractivity contribution in [2.24, 2.45) is 5.14 Å². The third-order valence-electron chi connectivity index (χ3n) is 8.07. The summed E-state index contributed by atoms with van der Waals surface area (Å²) in [6.45, 7) is 3.99. The lowest BCUT2D eigenvalue weighted by molar-refractivity contribution is -0.161. The molecule has 42 heavy (non-hydrogen) atoms. The Balaban J connectivity index is 1.62. The standard InChI is InChI=1S/C34H36N2O5S/c1-3-19-34(20-18-23-12-7-5-8-13-23)22-28(37)30(33(38)41-34)26(4-2)27-21-25-16-11-17-29(42(35,39)40)32(25)36-31(27)24-14-9-6-10-15-24/h5-17,21,26,37H,3-4,18-20,22H2,1-2H3,(H2,35,39,40). The van der Waals surface area contributed by atoms with Crippen LogP contribution in [0.2, 0.25) is 0 Å². The van der Waals surface area contributed by atoms with E-state index in [-0.39, 0.29) is 28.2 Å². The highest BCUT2D eigenvalue weighted by Crippen LogP contribution is 2.44. The zero-order valence-electron chi connectivity index (χ0n) is 23.9. The molecule has 7 nitrogen and oxygen atoms in total. The Morgan fingerprint density at radius 3 is 2.29 bits per heavy atom. The summed E-state index contributed by atoms with van der Waals surface area (Å²) in [5.74, 6) is -1.02. The summed E-state index contributed by atoms with van der Waals surface area (Å²) in [6.07, 6.45) is 3.51. The van der Waals surface area contributed by atoms with Gasteiger partial charge in [0.25, 0.3) is 0 Å². The number of nitrogens with zero attached hydrogens (tertiary/aromatic N) is 1. The zero-order valence-corrected chi connectivity index (χ0v) is 24.7. The van der Waals surface area contributed by atoms with Gasteiger partial charge in [-0.15, -0.1) is 0 Å². The number of carbonyl (C=O) groups excluding carboxylic acids is 1. The van der Waals surface area contributed by atoms with E-state index in [9.17, 15) is 18.3 Å². The molecule has 0 amide bonds. The number of hydrogen-bond acceptors (Lipinski definition) is 6. The highest BCUT2D eigenvalue weighted by molar-refractivity contribution is 7.89. The van der Waals surface area contributed by atoms with E-state index < -0.39 is 27.5 Å². The average molecular weight is 585 g/mol. The number of esters is 1. The van der Waals surface area contributed by atoms with Crippen molar-refractivity contribution in [2.75, 3.05) is 0 Å². The molecule has 0 radical (unpaired) electrons. The normalized spacial score (nSPS) is 18.2. The van der Waals surface area contributed by atoms with Crippen LogP contribution in [0.4, 0.5) is 0 Å². The number of aryl methyl sites for hydroxylation is 1. The van der Waals surface area contributed by atoms with Gasteiger partial charge in [0.05, 0.1) is 16.8 Å². The number of cyclic esters (lactones) is 1. The summed E-state index contributed by atoms with van der Waals surface area (Å²) in [6, 6.07) is 26.1. The van der Waals surface area contributed by atoms with Crippen LogP contribution in [0.3, 0.4) is 0 Å². The molecule has 0 saturated heterocycles. The molecule has 0 spiro atoms. The largest absolute Gasteiger partial charge is 0.512 e. The van der Waals surface area contributed by atoms with Crippen LogP contribution in [0.25, 0.3) is 22.2 Å². The van der Waals surface area contributed by atoms with Gasteiger partial charge in [0.1, 0.15) is 16.3 Å². The van der Waals surface area contributed by atoms with E-state index in [1.54, 1.807) is 12.1 Å². The first-order valence-electron chi connectivity index (χ1n) is 14.4. The van der Waals surface area contributed by atoms with Crippen molar-refractivity contribution < 1.29 is 23.1 Å². The van der Waals surface area contributed by atoms with Crippen molar-refractivity contribution in [3.63, 3.8) is 0 Å². The maximum Gasteiger partial charge on any atom is 0.338 e. The highest BCUT2D eigenvalue weighted by Gasteiger charge is 2.43. The molecule has 4 aromatic rings. The predicted octanol–water partition coefficient (Wildman–Crippen LogP) is 6.97. The van der Waals surface area contributed by atoms with Crippen LogP contribution in [0.5, 0.6) is 0 Å². The molecule has 2 atom stereocenters. The number of primary sulfonamides is 1. The number of hydrogen-bond donors (Lipinski definition) is 2. The highest BCUT2D eigenvalue weighted by atomic mass is 32.2. The molecule has 1 aliphatic heterocycles. The fourth-order valence-corrected chi connectivity index (χ4v) is 6.82. The van der Waals surface area contributed by atoms with E-state index in [0.29, 0.717) is 35.9 Å². The van der Waals surface area contributed by atoms with Gasteiger partial charge in [0.2, 0.25) is 10.0 Å². The lowest BCUT2D eigenvalue weighted by atomic mass is 9.79. The van der Waals surface area contributed by atoms with Gasteiger partial charge in [-0.2, -0.15) is 0 Å². The number of aliphatic hydroxyl groups is 1. The topological polar surface area (TPSA) is 120 Å². The first-order valence-corrected chi connectivity index (χ1v) is 15.9. The fraction of sp³-hybridized carbons (Fsp3) is 0.294. The molecular weight excluding hydrogens is 548 g/mol. The lowest BCUT2D eigenvalue weighted by Crippen LogP contribution is -2.41. The summed E-state index contributed by atoms with van der Waals surface area (Å²) < 4.78 is 31.0. The van der Waals surface area contributed by atoms with E-state index in [1.165, 1.54) is 6.07 Å². The first kappa shape index (κ1) is 29.5. The molecule has 0 bridgehead atoms. The van der Waals surface area contributed by atoms with Gasteiger partial charge in [-0.1, -0.05) is 93.1 Å². The fourth-order valence-electron chi connectivity index (χ4n) is 6.12. The Labute approximate surface area is 247 Å². The molecule has 3 aromatic carbocycles. The van der Waals surface area contributed by atoms with Crippen molar-refractivity contribution in [1.29, 1.82) is 0 Å². The van der Waals surface area contributed by atoms with Crippen LogP contribution in [-0.4, -0.2) is 30.1 Å². The van der Waals surface area contributed by atoms with Crippen molar-refractivity contribution in [2.45, 2.75) is 68.8 Å². The number of pyridine rings is 1. The quantitative estimate of drug-likeness (QED) is 0.194. The van der Waals surface area contributed by atoms with E-state index >= 15 is 0 Å². The minimum absolute atomic E-state index is 0.0389. The van der Waals surface area contributed by atoms with Crippen LogP contribution in [0.15, 0.2) is 101 Å². The number of benzene rings is 3. The molecule has 0 aliphatic carbocycles. The summed E-state index contributed by atoms with van der Waals surface area (Å²) >= 11 is 0. The van der Waals surface area contributed by atoms with Crippen molar-refractivity contribution in [3.05, 3.63) is 107 Å². The summed E-state index contributed by atoms with van der Waals surface area (Å²) in [4.78, 5) is 18.6. The molecule has 2 unspecified atom stereocenters. The SMILES string of the molecule is CCCC1(CCc2ccccc2)CC(O)=C(C(CC)c2cc3cccc(S(N)(=O)=O)c3nc2-c2ccccc2)C(=O)O1. The zero-order chi connectivity index (χ0) is 29.9. The number of ether oxygens (including phenoxy) is 1. The van der Waals surface area contributed by atoms with E-state index in [2.05, 4.69) is 12.1 Å². The summed E-state index contributed by atoms with van der Waals surface area (Å²) in [5, 5.41) is 17.7. The molecule has 5 rings (SSSR count). The molecule has 0 fully saturated rings. The summed E-state index contributed by atoms with van der Waals surface area (Å²) in [5.41, 5.74) is 2.82. The maximum absolute atomic E-state index is 13.8. The number of aliphatic hydroxyl groups excluding tert-OH is 1. The molecule has 218 valence electrons. The van der Waals surface area contributed by atoms with Gasteiger partial charge >= 0.3 is 5.97 Å². The Hall–Kier alpha value is -4.01. The Kier molecular flexibility index (Phi) is 8.48. The lowest BCUT2D eigenvalue weighted by Gasteiger charge is -2.39. The van der Waals surface area contributed by atoms with E-state index in [1.807, 2.05) is 68.4 Å². The van der Waals surface area contributed by atoms with Crippen LogP contribution in [0, 0.1) is 0 Å². The molecule has 1 aromatic heterocycles. The van der Waals surface area contributed by atoms with Crippen LogP contribution < -0.4 is 5.14 Å². The van der Waals surface area contributed by atoms with Crippen LogP contribution >= 0.6 is 0 Å². The molecule has 3 N–H and O–H groups in total. The monoisotopic (exact) mass is 584 g/mol. The number of rotatable bonds is 10. The Bertz CT molecular complexity index is 1740. The van der Waals surface area contributed by atoms with Crippen LogP contribution in [0.1, 0.15) is 63.0 Å². The average Bonchev–Trinajstić information content (AvgIpc) is 2.98. The van der Waals surface area contributed by atoms with Crippen molar-refractivity contribution in [1.82, 2.24) is 4.98 Å². The van der Waals surface area contributed by atoms with Crippen molar-refractivity contribution in [3.8, 4) is 11.3 Å². The minimum atomic E-state index is -4.04. The van der Waals surface area contributed by atoms with Gasteiger partial charge in [0.15, 0.2) is 0 Å². The third kappa shape index (κ3) is 5.96. The van der Waals surface area contributed by atoms with E-state index in [4.69, 9.17) is 14.9 Å². The second kappa shape index (κ2) is 12.1. The van der Waals surface area contributed by atoms with Crippen molar-refractivity contribution >= 4 is 26.9 Å². The first-order chi connectivity index (χ1) is 20.2. The van der Waals surface area contributed by atoms with E-state index in [0.717, 1.165) is 24.0 Å². The van der Waals surface area contributed by atoms with Gasteiger partial charge in [-0.25, -0.2) is 23.3 Å². The smallest absolute Gasteiger partial charge is 0.338 e. The summed E-state index contributed by atoms with van der Waals surface area (Å²) in [7, 11) is -4.04. The Morgan fingerprint density at radius 1 is 0.976 bits per heavy atom. The van der Waals surface area contributed by atoms with Gasteiger partial charge in [-0.05, 0) is 48.9 Å². The molecule has 1 aliphatic rings. The number of nitrogens with two attached hydrogens (primary N) is 1. The number of para-hydroxylation sites is 1. The second-order valence-corrected chi connectivity index (χ2v) is 12.5. The van der Waals surface area contributed by atoms with Crippen LogP contribution in [-0.2, 0) is 26.0 Å². The molecule has 2 heterocycles. The third-order valence-corrected chi connectivity index (χ3v) is 9.01. The molecule has 0 saturated carbocycles. The second-order valence-electron chi connectivity index (χ2n) is 11.0. The van der Waals surface area contributed by atoms with Gasteiger partial charge < -0.3 is 9.84 Å². The number of sulfonamides is 1. The number of aromatic nitrogens is 1. The number of carbonyl (C=O) groups is 1.